The molecule has 0 bridgehead atoms. The summed E-state index contributed by atoms with van der Waals surface area (Å²) in [6.45, 7) is 4.32. The van der Waals surface area contributed by atoms with Gasteiger partial charge in [-0.1, -0.05) is 54.0 Å². The van der Waals surface area contributed by atoms with E-state index in [-0.39, 0.29) is 5.78 Å². The fourth-order valence-corrected chi connectivity index (χ4v) is 1.73. The zero-order valence-corrected chi connectivity index (χ0v) is 11.2. The van der Waals surface area contributed by atoms with Crippen LogP contribution in [0.25, 0.3) is 0 Å². The highest BCUT2D eigenvalue weighted by Gasteiger charge is 2.13. The molecule has 1 aromatic carbocycles. The van der Waals surface area contributed by atoms with E-state index in [0.29, 0.717) is 11.5 Å². The summed E-state index contributed by atoms with van der Waals surface area (Å²) in [4.78, 5) is 11.5. The van der Waals surface area contributed by atoms with Gasteiger partial charge in [-0.25, -0.2) is 0 Å². The molecule has 0 amide bonds. The molecular formula is C12H14BrClO. The second-order valence-electron chi connectivity index (χ2n) is 3.60. The molecule has 2 unspecified atom stereocenters. The standard InChI is InChI=1S/C12H14BrClO/c1-3-8(2)9-4-6-10(7-5-9)11(15)12(13)14/h4-8,12H,3H2,1-2H3. The molecule has 0 saturated heterocycles. The summed E-state index contributed by atoms with van der Waals surface area (Å²) >= 11 is 8.71. The van der Waals surface area contributed by atoms with Crippen molar-refractivity contribution in [1.29, 1.82) is 0 Å². The van der Waals surface area contributed by atoms with Crippen LogP contribution in [0.15, 0.2) is 24.3 Å². The van der Waals surface area contributed by atoms with Crippen LogP contribution in [0.5, 0.6) is 0 Å². The van der Waals surface area contributed by atoms with E-state index < -0.39 is 4.29 Å². The molecule has 0 radical (unpaired) electrons. The van der Waals surface area contributed by atoms with Crippen LogP contribution in [0.1, 0.15) is 42.1 Å². The van der Waals surface area contributed by atoms with Crippen molar-refractivity contribution >= 4 is 33.3 Å². The van der Waals surface area contributed by atoms with E-state index in [2.05, 4.69) is 29.8 Å². The molecule has 0 heterocycles. The summed E-state index contributed by atoms with van der Waals surface area (Å²) in [5.41, 5.74) is 1.91. The Morgan fingerprint density at radius 2 is 1.93 bits per heavy atom. The molecule has 0 fully saturated rings. The van der Waals surface area contributed by atoms with Crippen LogP contribution in [0.4, 0.5) is 0 Å². The quantitative estimate of drug-likeness (QED) is 0.595. The van der Waals surface area contributed by atoms with Crippen molar-refractivity contribution in [1.82, 2.24) is 0 Å². The van der Waals surface area contributed by atoms with Crippen molar-refractivity contribution in [2.45, 2.75) is 30.5 Å². The van der Waals surface area contributed by atoms with Gasteiger partial charge in [0.1, 0.15) is 0 Å². The fourth-order valence-electron chi connectivity index (χ4n) is 1.34. The summed E-state index contributed by atoms with van der Waals surface area (Å²) in [7, 11) is 0. The summed E-state index contributed by atoms with van der Waals surface area (Å²) in [6, 6.07) is 7.66. The van der Waals surface area contributed by atoms with Crippen molar-refractivity contribution in [2.24, 2.45) is 0 Å². The van der Waals surface area contributed by atoms with Gasteiger partial charge in [-0.3, -0.25) is 4.79 Å². The highest BCUT2D eigenvalue weighted by atomic mass is 79.9. The minimum absolute atomic E-state index is 0.0904. The van der Waals surface area contributed by atoms with Gasteiger partial charge < -0.3 is 0 Å². The first kappa shape index (κ1) is 12.7. The number of rotatable bonds is 4. The Labute approximate surface area is 104 Å². The highest BCUT2D eigenvalue weighted by Crippen LogP contribution is 2.20. The number of carbonyl (C=O) groups is 1. The summed E-state index contributed by atoms with van der Waals surface area (Å²) in [6.07, 6.45) is 1.10. The van der Waals surface area contributed by atoms with E-state index in [1.165, 1.54) is 5.56 Å². The number of Topliss-reactive ketones (excluding diaryl/α,β-unsaturated/α-hetero) is 1. The molecular weight excluding hydrogens is 275 g/mol. The number of hydrogen-bond acceptors (Lipinski definition) is 1. The molecule has 15 heavy (non-hydrogen) atoms. The van der Waals surface area contributed by atoms with Crippen LogP contribution in [-0.2, 0) is 0 Å². The molecule has 1 rings (SSSR count). The monoisotopic (exact) mass is 288 g/mol. The van der Waals surface area contributed by atoms with Gasteiger partial charge >= 0.3 is 0 Å². The average molecular weight is 290 g/mol. The van der Waals surface area contributed by atoms with Crippen LogP contribution in [0.2, 0.25) is 0 Å². The Morgan fingerprint density at radius 3 is 2.33 bits per heavy atom. The SMILES string of the molecule is CCC(C)c1ccc(C(=O)C(Cl)Br)cc1. The predicted octanol–water partition coefficient (Wildman–Crippen LogP) is 4.34. The Morgan fingerprint density at radius 1 is 1.40 bits per heavy atom. The number of alkyl halides is 2. The third-order valence-corrected chi connectivity index (χ3v) is 3.19. The van der Waals surface area contributed by atoms with Gasteiger partial charge in [-0.15, -0.1) is 11.6 Å². The molecule has 0 aliphatic carbocycles. The van der Waals surface area contributed by atoms with Crippen molar-refractivity contribution in [3.63, 3.8) is 0 Å². The van der Waals surface area contributed by atoms with Gasteiger partial charge in [0, 0.05) is 5.56 Å². The van der Waals surface area contributed by atoms with Crippen LogP contribution in [-0.4, -0.2) is 10.1 Å². The molecule has 1 aromatic rings. The lowest BCUT2D eigenvalue weighted by molar-refractivity contribution is 0.101. The number of carbonyl (C=O) groups excluding carboxylic acids is 1. The molecule has 0 aliphatic rings. The molecule has 1 nitrogen and oxygen atoms in total. The minimum Gasteiger partial charge on any atom is -0.292 e. The van der Waals surface area contributed by atoms with Gasteiger partial charge in [-0.05, 0) is 17.9 Å². The lowest BCUT2D eigenvalue weighted by atomic mass is 9.97. The fraction of sp³-hybridized carbons (Fsp3) is 0.417. The van der Waals surface area contributed by atoms with Crippen molar-refractivity contribution in [3.8, 4) is 0 Å². The summed E-state index contributed by atoms with van der Waals surface area (Å²) in [5.74, 6) is 0.442. The van der Waals surface area contributed by atoms with Crippen LogP contribution in [0.3, 0.4) is 0 Å². The molecule has 0 spiro atoms. The number of halogens is 2. The normalized spacial score (nSPS) is 14.7. The first-order chi connectivity index (χ1) is 7.06. The molecule has 0 saturated carbocycles. The van der Waals surface area contributed by atoms with E-state index >= 15 is 0 Å². The maximum atomic E-state index is 11.5. The zero-order valence-electron chi connectivity index (χ0n) is 8.84. The van der Waals surface area contributed by atoms with Gasteiger partial charge in [0.2, 0.25) is 0 Å². The summed E-state index contributed by atoms with van der Waals surface area (Å²) in [5, 5.41) is 0. The minimum atomic E-state index is -0.632. The van der Waals surface area contributed by atoms with E-state index in [1.807, 2.05) is 24.3 Å². The second-order valence-corrected chi connectivity index (χ2v) is 5.48. The van der Waals surface area contributed by atoms with Crippen molar-refractivity contribution in [2.75, 3.05) is 0 Å². The van der Waals surface area contributed by atoms with Crippen LogP contribution < -0.4 is 0 Å². The first-order valence-electron chi connectivity index (χ1n) is 4.98. The number of hydrogen-bond donors (Lipinski definition) is 0. The maximum Gasteiger partial charge on any atom is 0.191 e. The Bertz CT molecular complexity index is 332. The molecule has 2 atom stereocenters. The van der Waals surface area contributed by atoms with Gasteiger partial charge in [-0.2, -0.15) is 0 Å². The number of benzene rings is 1. The van der Waals surface area contributed by atoms with E-state index in [9.17, 15) is 4.79 Å². The third-order valence-electron chi connectivity index (χ3n) is 2.57. The van der Waals surface area contributed by atoms with Gasteiger partial charge in [0.15, 0.2) is 10.1 Å². The third kappa shape index (κ3) is 3.32. The Balaban J connectivity index is 2.85. The van der Waals surface area contributed by atoms with E-state index in [0.717, 1.165) is 6.42 Å². The molecule has 82 valence electrons. The topological polar surface area (TPSA) is 17.1 Å². The molecule has 3 heteroatoms. The lowest BCUT2D eigenvalue weighted by Crippen LogP contribution is -2.07. The Kier molecular flexibility index (Phi) is 4.81. The molecule has 0 aliphatic heterocycles. The lowest BCUT2D eigenvalue weighted by Gasteiger charge is -2.09. The van der Waals surface area contributed by atoms with E-state index in [1.54, 1.807) is 0 Å². The number of ketones is 1. The predicted molar refractivity (Wildman–Crippen MR) is 68.0 cm³/mol. The maximum absolute atomic E-state index is 11.5. The highest BCUT2D eigenvalue weighted by molar-refractivity contribution is 9.10. The van der Waals surface area contributed by atoms with Crippen LogP contribution in [0, 0.1) is 0 Å². The van der Waals surface area contributed by atoms with Crippen molar-refractivity contribution < 1.29 is 4.79 Å². The molecule has 0 N–H and O–H groups in total. The van der Waals surface area contributed by atoms with E-state index in [4.69, 9.17) is 11.6 Å². The smallest absolute Gasteiger partial charge is 0.191 e. The van der Waals surface area contributed by atoms with Gasteiger partial charge in [0.25, 0.3) is 0 Å². The largest absolute Gasteiger partial charge is 0.292 e. The van der Waals surface area contributed by atoms with Crippen molar-refractivity contribution in [3.05, 3.63) is 35.4 Å². The van der Waals surface area contributed by atoms with Gasteiger partial charge in [0.05, 0.1) is 0 Å². The van der Waals surface area contributed by atoms with Crippen LogP contribution >= 0.6 is 27.5 Å². The Hall–Kier alpha value is -0.340. The zero-order chi connectivity index (χ0) is 11.4. The summed E-state index contributed by atoms with van der Waals surface area (Å²) < 4.78 is -0.632. The average Bonchev–Trinajstić information content (AvgIpc) is 2.27. The first-order valence-corrected chi connectivity index (χ1v) is 6.33. The molecule has 0 aromatic heterocycles. The second kappa shape index (κ2) is 5.66.